The van der Waals surface area contributed by atoms with Crippen LogP contribution in [0.4, 0.5) is 34.1 Å². The molecule has 0 saturated heterocycles. The first-order valence-corrected chi connectivity index (χ1v) is 20.8. The van der Waals surface area contributed by atoms with Crippen LogP contribution >= 0.6 is 23.5 Å². The van der Waals surface area contributed by atoms with Gasteiger partial charge in [0, 0.05) is 53.8 Å². The molecule has 0 amide bonds. The van der Waals surface area contributed by atoms with Crippen LogP contribution in [0.15, 0.2) is 212 Å². The number of fused-ring (bicyclic) bond motifs is 6. The molecule has 2 aliphatic heterocycles. The van der Waals surface area contributed by atoms with Crippen LogP contribution in [-0.4, -0.2) is 14.5 Å². The molecule has 4 heterocycles. The van der Waals surface area contributed by atoms with E-state index in [2.05, 4.69) is 190 Å². The number of para-hydroxylation sites is 5. The molecule has 8 aromatic carbocycles. The van der Waals surface area contributed by atoms with E-state index in [9.17, 15) is 0 Å². The van der Waals surface area contributed by atoms with Crippen molar-refractivity contribution in [3.05, 3.63) is 188 Å². The van der Waals surface area contributed by atoms with E-state index in [4.69, 9.17) is 14.4 Å². The molecule has 8 heteroatoms. The maximum atomic E-state index is 6.48. The summed E-state index contributed by atoms with van der Waals surface area (Å²) in [5.74, 6) is 1.43. The number of benzene rings is 8. The lowest BCUT2D eigenvalue weighted by Gasteiger charge is -2.32. The lowest BCUT2D eigenvalue weighted by atomic mass is 10.1. The van der Waals surface area contributed by atoms with E-state index in [1.165, 1.54) is 42.3 Å². The Morgan fingerprint density at radius 1 is 0.397 bits per heavy atom. The Morgan fingerprint density at radius 2 is 0.862 bits per heavy atom. The number of hydrogen-bond acceptors (Lipinski definition) is 7. The zero-order chi connectivity index (χ0) is 38.2. The number of hydrogen-bond donors (Lipinski definition) is 0. The van der Waals surface area contributed by atoms with Gasteiger partial charge < -0.3 is 14.2 Å². The maximum Gasteiger partial charge on any atom is 0.227 e. The second-order valence-corrected chi connectivity index (χ2v) is 16.4. The highest BCUT2D eigenvalue weighted by molar-refractivity contribution is 8.00. The highest BCUT2D eigenvalue weighted by Gasteiger charge is 2.26. The van der Waals surface area contributed by atoms with Crippen molar-refractivity contribution in [2.45, 2.75) is 19.6 Å². The highest BCUT2D eigenvalue weighted by atomic mass is 32.2. The van der Waals surface area contributed by atoms with E-state index in [0.717, 1.165) is 50.6 Å². The van der Waals surface area contributed by atoms with Crippen molar-refractivity contribution >= 4 is 79.8 Å². The smallest absolute Gasteiger partial charge is 0.227 e. The molecule has 0 N–H and O–H groups in total. The zero-order valence-corrected chi connectivity index (χ0v) is 32.5. The summed E-state index contributed by atoms with van der Waals surface area (Å²) >= 11 is 3.63. The summed E-state index contributed by atoms with van der Waals surface area (Å²) in [4.78, 5) is 19.9. The lowest BCUT2D eigenvalue weighted by molar-refractivity contribution is 0.620. The van der Waals surface area contributed by atoms with Crippen molar-refractivity contribution in [1.29, 1.82) is 0 Å². The molecular formula is C50H31N5OS2. The topological polar surface area (TPSA) is 50.3 Å². The Kier molecular flexibility index (Phi) is 7.61. The minimum absolute atomic E-state index is 0.575. The van der Waals surface area contributed by atoms with E-state index in [0.29, 0.717) is 11.5 Å². The average Bonchev–Trinajstić information content (AvgIpc) is 3.88. The minimum Gasteiger partial charge on any atom is -0.436 e. The third-order valence-electron chi connectivity index (χ3n) is 10.8. The fraction of sp³-hybridized carbons (Fsp3) is 0. The first-order valence-electron chi connectivity index (χ1n) is 19.1. The Bertz CT molecular complexity index is 3100. The van der Waals surface area contributed by atoms with Crippen molar-refractivity contribution in [3.8, 4) is 28.5 Å². The lowest BCUT2D eigenvalue weighted by Crippen LogP contribution is -2.14. The highest BCUT2D eigenvalue weighted by Crippen LogP contribution is 2.52. The third-order valence-corrected chi connectivity index (χ3v) is 13.1. The summed E-state index contributed by atoms with van der Waals surface area (Å²) in [7, 11) is 0. The molecule has 0 spiro atoms. The average molecular weight is 782 g/mol. The van der Waals surface area contributed by atoms with Gasteiger partial charge >= 0.3 is 0 Å². The molecule has 0 fully saturated rings. The molecule has 2 aliphatic rings. The predicted octanol–water partition coefficient (Wildman–Crippen LogP) is 14.4. The molecule has 0 atom stereocenters. The Balaban J connectivity index is 0.915. The van der Waals surface area contributed by atoms with Crippen molar-refractivity contribution in [3.63, 3.8) is 0 Å². The van der Waals surface area contributed by atoms with Gasteiger partial charge in [-0.15, -0.1) is 0 Å². The van der Waals surface area contributed by atoms with E-state index in [1.54, 1.807) is 0 Å². The monoisotopic (exact) mass is 781 g/mol. The Hall–Kier alpha value is -7.00. The normalized spacial score (nSPS) is 13.0. The first kappa shape index (κ1) is 33.2. The van der Waals surface area contributed by atoms with E-state index in [-0.39, 0.29) is 0 Å². The fourth-order valence-corrected chi connectivity index (χ4v) is 10.2. The van der Waals surface area contributed by atoms with E-state index >= 15 is 0 Å². The molecule has 0 radical (unpaired) electrons. The zero-order valence-electron chi connectivity index (χ0n) is 30.9. The summed E-state index contributed by atoms with van der Waals surface area (Å²) in [6, 6.07) is 66.1. The minimum atomic E-state index is 0.575. The third kappa shape index (κ3) is 5.37. The predicted molar refractivity (Wildman–Crippen MR) is 237 cm³/mol. The van der Waals surface area contributed by atoms with E-state index in [1.807, 2.05) is 35.7 Å². The van der Waals surface area contributed by atoms with Crippen LogP contribution in [0, 0.1) is 0 Å². The number of oxazole rings is 1. The van der Waals surface area contributed by atoms with Crippen LogP contribution in [0.3, 0.4) is 0 Å². The molecule has 6 nitrogen and oxygen atoms in total. The van der Waals surface area contributed by atoms with Gasteiger partial charge in [-0.2, -0.15) is 0 Å². The van der Waals surface area contributed by atoms with Crippen molar-refractivity contribution in [1.82, 2.24) is 14.5 Å². The molecule has 274 valence electrons. The molecule has 2 aromatic heterocycles. The van der Waals surface area contributed by atoms with Gasteiger partial charge in [0.25, 0.3) is 0 Å². The van der Waals surface area contributed by atoms with Gasteiger partial charge in [-0.25, -0.2) is 9.97 Å². The molecule has 0 unspecified atom stereocenters. The van der Waals surface area contributed by atoms with Gasteiger partial charge in [-0.1, -0.05) is 90.3 Å². The molecule has 10 aromatic rings. The SMILES string of the molecule is c1ccc(-n2c(-c3ccc(N4c5ccccc5Sc5ccccc54)cc3)nc3cc4oc(-c5ccc(N6c7ccccc7Sc7ccccc76)cc5)nc4cc32)cc1. The van der Waals surface area contributed by atoms with Crippen LogP contribution in [0.25, 0.3) is 50.7 Å². The van der Waals surface area contributed by atoms with Crippen molar-refractivity contribution in [2.75, 3.05) is 9.80 Å². The van der Waals surface area contributed by atoms with E-state index < -0.39 is 0 Å². The number of nitrogens with zero attached hydrogens (tertiary/aromatic N) is 5. The van der Waals surface area contributed by atoms with Crippen molar-refractivity contribution in [2.24, 2.45) is 0 Å². The number of imidazole rings is 1. The fourth-order valence-electron chi connectivity index (χ4n) is 8.13. The van der Waals surface area contributed by atoms with Crippen molar-refractivity contribution < 1.29 is 4.42 Å². The Morgan fingerprint density at radius 3 is 1.38 bits per heavy atom. The summed E-state index contributed by atoms with van der Waals surface area (Å²) in [5, 5.41) is 0. The summed E-state index contributed by atoms with van der Waals surface area (Å²) in [5.41, 5.74) is 13.1. The molecule has 0 saturated carbocycles. The quantitative estimate of drug-likeness (QED) is 0.172. The van der Waals surface area contributed by atoms with Crippen LogP contribution in [0.1, 0.15) is 0 Å². The largest absolute Gasteiger partial charge is 0.436 e. The van der Waals surface area contributed by atoms with Crippen LogP contribution in [0.2, 0.25) is 0 Å². The second kappa shape index (κ2) is 13.3. The van der Waals surface area contributed by atoms with Gasteiger partial charge in [0.2, 0.25) is 5.89 Å². The molecule has 0 bridgehead atoms. The summed E-state index contributed by atoms with van der Waals surface area (Å²) < 4.78 is 8.70. The molecule has 0 aliphatic carbocycles. The van der Waals surface area contributed by atoms with Gasteiger partial charge in [-0.3, -0.25) is 4.57 Å². The number of rotatable bonds is 5. The van der Waals surface area contributed by atoms with Crippen LogP contribution < -0.4 is 9.80 Å². The second-order valence-electron chi connectivity index (χ2n) is 14.3. The molecular weight excluding hydrogens is 751 g/mol. The number of anilines is 6. The van der Waals surface area contributed by atoms with Gasteiger partial charge in [0.1, 0.15) is 11.3 Å². The Labute approximate surface area is 343 Å². The van der Waals surface area contributed by atoms with Gasteiger partial charge in [-0.05, 0) is 115 Å². The standard InChI is InChI=1S/C50H31N5OS2/c1-2-12-34(13-3-1)55-43-30-38-44(56-50(52-38)33-24-28-36(29-25-33)54-41-16-6-10-20-47(41)58-48-21-11-7-17-42(48)54)31-37(43)51-49(55)32-22-26-35(27-23-32)53-39-14-4-8-18-45(39)57-46-19-9-5-15-40(46)53/h1-31H. The molecule has 12 rings (SSSR count). The van der Waals surface area contributed by atoms with Crippen LogP contribution in [-0.2, 0) is 0 Å². The maximum absolute atomic E-state index is 6.48. The number of aromatic nitrogens is 3. The summed E-state index contributed by atoms with van der Waals surface area (Å²) in [6.07, 6.45) is 0. The molecule has 58 heavy (non-hydrogen) atoms. The first-order chi connectivity index (χ1) is 28.7. The summed E-state index contributed by atoms with van der Waals surface area (Å²) in [6.45, 7) is 0. The van der Waals surface area contributed by atoms with Crippen LogP contribution in [0.5, 0.6) is 0 Å². The van der Waals surface area contributed by atoms with Gasteiger partial charge in [0.05, 0.1) is 33.8 Å². The van der Waals surface area contributed by atoms with Gasteiger partial charge in [0.15, 0.2) is 5.58 Å².